The third-order valence-corrected chi connectivity index (χ3v) is 4.54. The minimum absolute atomic E-state index is 0.207. The predicted octanol–water partition coefficient (Wildman–Crippen LogP) is 4.53. The average Bonchev–Trinajstić information content (AvgIpc) is 2.45. The summed E-state index contributed by atoms with van der Waals surface area (Å²) in [6, 6.07) is 9.22. The standard InChI is InChI=1S/C19H31NO/c1-15-5-9-17(10-6-15)20-13-14-21-18-11-7-16(8-12-18)19(2,3)4/h7-8,11-12,15,17,20H,5-6,9-10,13-14H2,1-4H3. The summed E-state index contributed by atoms with van der Waals surface area (Å²) in [5.74, 6) is 1.89. The molecule has 1 aliphatic rings. The van der Waals surface area contributed by atoms with E-state index in [9.17, 15) is 0 Å². The van der Waals surface area contributed by atoms with E-state index in [0.717, 1.165) is 24.8 Å². The molecule has 2 rings (SSSR count). The molecule has 1 aromatic rings. The van der Waals surface area contributed by atoms with E-state index in [1.807, 2.05) is 0 Å². The second-order valence-electron chi connectivity index (χ2n) is 7.53. The molecule has 0 bridgehead atoms. The van der Waals surface area contributed by atoms with Crippen molar-refractivity contribution < 1.29 is 4.74 Å². The molecule has 0 heterocycles. The zero-order valence-electron chi connectivity index (χ0n) is 14.1. The number of ether oxygens (including phenoxy) is 1. The normalized spacial score (nSPS) is 23.0. The Balaban J connectivity index is 1.67. The Morgan fingerprint density at radius 1 is 1.05 bits per heavy atom. The van der Waals surface area contributed by atoms with Gasteiger partial charge in [-0.05, 0) is 54.7 Å². The molecule has 0 saturated heterocycles. The van der Waals surface area contributed by atoms with Crippen LogP contribution in [0.3, 0.4) is 0 Å². The fraction of sp³-hybridized carbons (Fsp3) is 0.684. The first-order valence-corrected chi connectivity index (χ1v) is 8.42. The number of nitrogens with one attached hydrogen (secondary N) is 1. The predicted molar refractivity (Wildman–Crippen MR) is 90.1 cm³/mol. The summed E-state index contributed by atoms with van der Waals surface area (Å²) in [7, 11) is 0. The Morgan fingerprint density at radius 2 is 1.67 bits per heavy atom. The molecule has 1 aromatic carbocycles. The van der Waals surface area contributed by atoms with Crippen LogP contribution in [0.2, 0.25) is 0 Å². The van der Waals surface area contributed by atoms with Crippen molar-refractivity contribution in [2.45, 2.75) is 64.8 Å². The Labute approximate surface area is 130 Å². The molecule has 2 heteroatoms. The summed E-state index contributed by atoms with van der Waals surface area (Å²) >= 11 is 0. The fourth-order valence-corrected chi connectivity index (χ4v) is 2.95. The molecule has 21 heavy (non-hydrogen) atoms. The van der Waals surface area contributed by atoms with Gasteiger partial charge in [0.2, 0.25) is 0 Å². The molecule has 2 nitrogen and oxygen atoms in total. The first-order chi connectivity index (χ1) is 9.95. The first kappa shape index (κ1) is 16.4. The largest absolute Gasteiger partial charge is 0.492 e. The van der Waals surface area contributed by atoms with E-state index in [0.29, 0.717) is 6.04 Å². The second-order valence-corrected chi connectivity index (χ2v) is 7.53. The van der Waals surface area contributed by atoms with Gasteiger partial charge in [0.05, 0.1) is 0 Å². The van der Waals surface area contributed by atoms with Gasteiger partial charge in [-0.1, -0.05) is 39.8 Å². The molecule has 1 N–H and O–H groups in total. The monoisotopic (exact) mass is 289 g/mol. The van der Waals surface area contributed by atoms with Crippen molar-refractivity contribution >= 4 is 0 Å². The molecular weight excluding hydrogens is 258 g/mol. The molecule has 0 spiro atoms. The Kier molecular flexibility index (Phi) is 5.69. The van der Waals surface area contributed by atoms with Crippen LogP contribution in [-0.2, 0) is 5.41 Å². The molecule has 118 valence electrons. The van der Waals surface area contributed by atoms with E-state index >= 15 is 0 Å². The highest BCUT2D eigenvalue weighted by atomic mass is 16.5. The summed E-state index contributed by atoms with van der Waals surface area (Å²) in [5.41, 5.74) is 1.56. The van der Waals surface area contributed by atoms with Crippen LogP contribution < -0.4 is 10.1 Å². The van der Waals surface area contributed by atoms with Gasteiger partial charge in [0.25, 0.3) is 0 Å². The summed E-state index contributed by atoms with van der Waals surface area (Å²) in [4.78, 5) is 0. The molecule has 1 fully saturated rings. The van der Waals surface area contributed by atoms with Crippen molar-refractivity contribution in [2.24, 2.45) is 5.92 Å². The summed E-state index contributed by atoms with van der Waals surface area (Å²) in [6.45, 7) is 10.8. The molecule has 0 atom stereocenters. The van der Waals surface area contributed by atoms with Crippen molar-refractivity contribution in [1.29, 1.82) is 0 Å². The average molecular weight is 289 g/mol. The highest BCUT2D eigenvalue weighted by molar-refractivity contribution is 5.31. The van der Waals surface area contributed by atoms with Crippen LogP contribution >= 0.6 is 0 Å². The van der Waals surface area contributed by atoms with Gasteiger partial charge in [-0.15, -0.1) is 0 Å². The van der Waals surface area contributed by atoms with Crippen LogP contribution in [0.4, 0.5) is 0 Å². The van der Waals surface area contributed by atoms with Gasteiger partial charge < -0.3 is 10.1 Å². The van der Waals surface area contributed by atoms with Gasteiger partial charge in [-0.2, -0.15) is 0 Å². The van der Waals surface area contributed by atoms with Crippen molar-refractivity contribution in [1.82, 2.24) is 5.32 Å². The SMILES string of the molecule is CC1CCC(NCCOc2ccc(C(C)(C)C)cc2)CC1. The smallest absolute Gasteiger partial charge is 0.119 e. The van der Waals surface area contributed by atoms with Crippen LogP contribution in [0.1, 0.15) is 58.9 Å². The van der Waals surface area contributed by atoms with E-state index in [2.05, 4.69) is 57.3 Å². The van der Waals surface area contributed by atoms with Crippen LogP contribution in [0.25, 0.3) is 0 Å². The second kappa shape index (κ2) is 7.31. The zero-order chi connectivity index (χ0) is 15.3. The maximum atomic E-state index is 5.82. The van der Waals surface area contributed by atoms with Gasteiger partial charge in [-0.3, -0.25) is 0 Å². The van der Waals surface area contributed by atoms with Crippen LogP contribution in [0.15, 0.2) is 24.3 Å². The lowest BCUT2D eigenvalue weighted by Gasteiger charge is -2.27. The first-order valence-electron chi connectivity index (χ1n) is 8.42. The van der Waals surface area contributed by atoms with Crippen molar-refractivity contribution in [2.75, 3.05) is 13.2 Å². The van der Waals surface area contributed by atoms with Gasteiger partial charge in [0, 0.05) is 12.6 Å². The molecule has 0 radical (unpaired) electrons. The number of hydrogen-bond donors (Lipinski definition) is 1. The number of hydrogen-bond acceptors (Lipinski definition) is 2. The van der Waals surface area contributed by atoms with E-state index in [-0.39, 0.29) is 5.41 Å². The minimum atomic E-state index is 0.207. The lowest BCUT2D eigenvalue weighted by molar-refractivity contribution is 0.270. The van der Waals surface area contributed by atoms with E-state index in [4.69, 9.17) is 4.74 Å². The van der Waals surface area contributed by atoms with Gasteiger partial charge in [0.1, 0.15) is 12.4 Å². The zero-order valence-corrected chi connectivity index (χ0v) is 14.1. The molecule has 0 amide bonds. The third kappa shape index (κ3) is 5.35. The van der Waals surface area contributed by atoms with Crippen LogP contribution in [0, 0.1) is 5.92 Å². The molecule has 0 unspecified atom stereocenters. The maximum Gasteiger partial charge on any atom is 0.119 e. The Bertz CT molecular complexity index is 410. The number of rotatable bonds is 5. The highest BCUT2D eigenvalue weighted by Crippen LogP contribution is 2.24. The summed E-state index contributed by atoms with van der Waals surface area (Å²) < 4.78 is 5.82. The highest BCUT2D eigenvalue weighted by Gasteiger charge is 2.17. The lowest BCUT2D eigenvalue weighted by Crippen LogP contribution is -2.35. The molecular formula is C19H31NO. The molecule has 1 saturated carbocycles. The van der Waals surface area contributed by atoms with Gasteiger partial charge >= 0.3 is 0 Å². The lowest BCUT2D eigenvalue weighted by atomic mass is 9.87. The summed E-state index contributed by atoms with van der Waals surface area (Å²) in [6.07, 6.45) is 5.38. The topological polar surface area (TPSA) is 21.3 Å². The van der Waals surface area contributed by atoms with Crippen LogP contribution in [0.5, 0.6) is 5.75 Å². The Morgan fingerprint density at radius 3 is 2.24 bits per heavy atom. The summed E-state index contributed by atoms with van der Waals surface area (Å²) in [5, 5.41) is 3.62. The van der Waals surface area contributed by atoms with Gasteiger partial charge in [0.15, 0.2) is 0 Å². The molecule has 0 aromatic heterocycles. The maximum absolute atomic E-state index is 5.82. The minimum Gasteiger partial charge on any atom is -0.492 e. The number of benzene rings is 1. The fourth-order valence-electron chi connectivity index (χ4n) is 2.95. The molecule has 0 aliphatic heterocycles. The van der Waals surface area contributed by atoms with Gasteiger partial charge in [-0.25, -0.2) is 0 Å². The van der Waals surface area contributed by atoms with E-state index in [1.54, 1.807) is 0 Å². The van der Waals surface area contributed by atoms with E-state index in [1.165, 1.54) is 31.2 Å². The third-order valence-electron chi connectivity index (χ3n) is 4.54. The van der Waals surface area contributed by atoms with Crippen molar-refractivity contribution in [3.63, 3.8) is 0 Å². The van der Waals surface area contributed by atoms with Crippen LogP contribution in [-0.4, -0.2) is 19.2 Å². The quantitative estimate of drug-likeness (QED) is 0.804. The Hall–Kier alpha value is -1.02. The van der Waals surface area contributed by atoms with Crippen molar-refractivity contribution in [3.8, 4) is 5.75 Å². The molecule has 1 aliphatic carbocycles. The van der Waals surface area contributed by atoms with E-state index < -0.39 is 0 Å². The van der Waals surface area contributed by atoms with Crippen molar-refractivity contribution in [3.05, 3.63) is 29.8 Å².